The molecule has 2 rings (SSSR count). The molecular weight excluding hydrogens is 225 g/mol. The molecule has 2 heterocycles. The van der Waals surface area contributed by atoms with E-state index in [-0.39, 0.29) is 16.6 Å². The summed E-state index contributed by atoms with van der Waals surface area (Å²) in [5.74, 6) is -0.141. The summed E-state index contributed by atoms with van der Waals surface area (Å²) in [6.45, 7) is 13.0. The van der Waals surface area contributed by atoms with Crippen molar-refractivity contribution in [3.63, 3.8) is 0 Å². The minimum Gasteiger partial charge on any atom is -0.321 e. The van der Waals surface area contributed by atoms with Crippen LogP contribution >= 0.6 is 0 Å². The van der Waals surface area contributed by atoms with Crippen molar-refractivity contribution in [2.75, 3.05) is 0 Å². The third kappa shape index (κ3) is 2.05. The standard InChI is InChI=1S/C16H22FN/c1-15(2,3)11-10-18-9-7-8-12(17)14(18)13(11)16(4,5)6/h7-10H,1-6H3. The lowest BCUT2D eigenvalue weighted by Gasteiger charge is -2.27. The van der Waals surface area contributed by atoms with Crippen LogP contribution in [0.3, 0.4) is 0 Å². The summed E-state index contributed by atoms with van der Waals surface area (Å²) >= 11 is 0. The maximum absolute atomic E-state index is 14.2. The zero-order valence-electron chi connectivity index (χ0n) is 12.1. The number of aromatic nitrogens is 1. The molecule has 2 aromatic rings. The van der Waals surface area contributed by atoms with Gasteiger partial charge in [-0.15, -0.1) is 0 Å². The number of nitrogens with zero attached hydrogens (tertiary/aromatic N) is 1. The average Bonchev–Trinajstić information content (AvgIpc) is 2.56. The molecule has 0 radical (unpaired) electrons. The quantitative estimate of drug-likeness (QED) is 0.637. The summed E-state index contributed by atoms with van der Waals surface area (Å²) in [7, 11) is 0. The number of fused-ring (bicyclic) bond motifs is 1. The summed E-state index contributed by atoms with van der Waals surface area (Å²) in [5, 5.41) is 0. The maximum atomic E-state index is 14.2. The largest absolute Gasteiger partial charge is 0.321 e. The Balaban J connectivity index is 2.92. The van der Waals surface area contributed by atoms with Gasteiger partial charge >= 0.3 is 0 Å². The van der Waals surface area contributed by atoms with Crippen molar-refractivity contribution >= 4 is 5.52 Å². The Morgan fingerprint density at radius 2 is 1.61 bits per heavy atom. The Morgan fingerprint density at radius 3 is 2.11 bits per heavy atom. The molecule has 0 spiro atoms. The number of hydrogen-bond acceptors (Lipinski definition) is 0. The maximum Gasteiger partial charge on any atom is 0.147 e. The van der Waals surface area contributed by atoms with Gasteiger partial charge in [-0.2, -0.15) is 0 Å². The molecule has 98 valence electrons. The van der Waals surface area contributed by atoms with E-state index in [0.717, 1.165) is 11.1 Å². The summed E-state index contributed by atoms with van der Waals surface area (Å²) in [5.41, 5.74) is 3.00. The molecule has 0 aromatic carbocycles. The van der Waals surface area contributed by atoms with Gasteiger partial charge in [0.2, 0.25) is 0 Å². The van der Waals surface area contributed by atoms with Gasteiger partial charge in [-0.05, 0) is 34.1 Å². The molecule has 0 fully saturated rings. The average molecular weight is 247 g/mol. The first-order chi connectivity index (χ1) is 8.12. The molecule has 0 N–H and O–H groups in total. The van der Waals surface area contributed by atoms with Gasteiger partial charge in [0.05, 0.1) is 5.52 Å². The van der Waals surface area contributed by atoms with E-state index >= 15 is 0 Å². The van der Waals surface area contributed by atoms with Crippen molar-refractivity contribution in [1.82, 2.24) is 4.40 Å². The highest BCUT2D eigenvalue weighted by molar-refractivity contribution is 5.64. The molecule has 1 nitrogen and oxygen atoms in total. The summed E-state index contributed by atoms with van der Waals surface area (Å²) in [6, 6.07) is 3.29. The topological polar surface area (TPSA) is 4.41 Å². The van der Waals surface area contributed by atoms with E-state index in [1.54, 1.807) is 6.07 Å². The molecule has 0 bridgehead atoms. The van der Waals surface area contributed by atoms with Crippen LogP contribution in [0.1, 0.15) is 52.7 Å². The van der Waals surface area contributed by atoms with Crippen LogP contribution in [0.4, 0.5) is 4.39 Å². The van der Waals surface area contributed by atoms with Gasteiger partial charge in [0.1, 0.15) is 5.82 Å². The van der Waals surface area contributed by atoms with Crippen molar-refractivity contribution in [2.24, 2.45) is 0 Å². The summed E-state index contributed by atoms with van der Waals surface area (Å²) < 4.78 is 16.1. The van der Waals surface area contributed by atoms with E-state index in [2.05, 4.69) is 47.7 Å². The molecule has 0 amide bonds. The molecular formula is C16H22FN. The lowest BCUT2D eigenvalue weighted by atomic mass is 9.77. The molecule has 0 unspecified atom stereocenters. The second kappa shape index (κ2) is 3.84. The Kier molecular flexibility index (Phi) is 2.80. The SMILES string of the molecule is CC(C)(C)c1cn2cccc(F)c2c1C(C)(C)C. The van der Waals surface area contributed by atoms with Crippen LogP contribution in [0.2, 0.25) is 0 Å². The minimum atomic E-state index is -0.141. The van der Waals surface area contributed by atoms with E-state index in [1.165, 1.54) is 11.6 Å². The van der Waals surface area contributed by atoms with E-state index in [1.807, 2.05) is 10.6 Å². The highest BCUT2D eigenvalue weighted by Crippen LogP contribution is 2.38. The fourth-order valence-corrected chi connectivity index (χ4v) is 2.51. The molecule has 0 aliphatic heterocycles. The van der Waals surface area contributed by atoms with Crippen LogP contribution < -0.4 is 0 Å². The molecule has 0 saturated carbocycles. The number of hydrogen-bond donors (Lipinski definition) is 0. The highest BCUT2D eigenvalue weighted by Gasteiger charge is 2.30. The molecule has 2 aromatic heterocycles. The Morgan fingerprint density at radius 1 is 1.00 bits per heavy atom. The Labute approximate surface area is 109 Å². The van der Waals surface area contributed by atoms with Crippen molar-refractivity contribution in [3.8, 4) is 0 Å². The van der Waals surface area contributed by atoms with Crippen molar-refractivity contribution in [1.29, 1.82) is 0 Å². The second-order valence-corrected chi connectivity index (χ2v) is 7.03. The fraction of sp³-hybridized carbons (Fsp3) is 0.500. The zero-order valence-corrected chi connectivity index (χ0v) is 12.1. The zero-order chi connectivity index (χ0) is 13.7. The summed E-state index contributed by atoms with van der Waals surface area (Å²) in [4.78, 5) is 0. The minimum absolute atomic E-state index is 0.0150. The predicted molar refractivity (Wildman–Crippen MR) is 74.8 cm³/mol. The van der Waals surface area contributed by atoms with Gasteiger partial charge in [-0.1, -0.05) is 41.5 Å². The molecule has 0 aliphatic carbocycles. The van der Waals surface area contributed by atoms with Crippen molar-refractivity contribution in [2.45, 2.75) is 52.4 Å². The number of halogens is 1. The lowest BCUT2D eigenvalue weighted by Crippen LogP contribution is -2.20. The van der Waals surface area contributed by atoms with E-state index < -0.39 is 0 Å². The second-order valence-electron chi connectivity index (χ2n) is 7.03. The van der Waals surface area contributed by atoms with E-state index in [4.69, 9.17) is 0 Å². The molecule has 0 saturated heterocycles. The van der Waals surface area contributed by atoms with Crippen molar-refractivity contribution < 1.29 is 4.39 Å². The van der Waals surface area contributed by atoms with Crippen LogP contribution in [0.15, 0.2) is 24.5 Å². The fourth-order valence-electron chi connectivity index (χ4n) is 2.51. The van der Waals surface area contributed by atoms with Crippen LogP contribution in [0.25, 0.3) is 5.52 Å². The monoisotopic (exact) mass is 247 g/mol. The first kappa shape index (κ1) is 13.1. The molecule has 0 aliphatic rings. The van der Waals surface area contributed by atoms with Gasteiger partial charge in [-0.25, -0.2) is 4.39 Å². The number of pyridine rings is 1. The molecule has 18 heavy (non-hydrogen) atoms. The number of rotatable bonds is 0. The third-order valence-corrected chi connectivity index (χ3v) is 3.31. The van der Waals surface area contributed by atoms with E-state index in [0.29, 0.717) is 0 Å². The van der Waals surface area contributed by atoms with Gasteiger partial charge in [0.25, 0.3) is 0 Å². The highest BCUT2D eigenvalue weighted by atomic mass is 19.1. The normalized spacial score (nSPS) is 13.3. The summed E-state index contributed by atoms with van der Waals surface area (Å²) in [6.07, 6.45) is 3.99. The Bertz CT molecular complexity index is 579. The smallest absolute Gasteiger partial charge is 0.147 e. The van der Waals surface area contributed by atoms with Gasteiger partial charge in [0.15, 0.2) is 0 Å². The molecule has 2 heteroatoms. The van der Waals surface area contributed by atoms with Crippen LogP contribution in [-0.2, 0) is 10.8 Å². The van der Waals surface area contributed by atoms with Gasteiger partial charge in [0, 0.05) is 12.4 Å². The lowest BCUT2D eigenvalue weighted by molar-refractivity contribution is 0.535. The van der Waals surface area contributed by atoms with Gasteiger partial charge in [-0.3, -0.25) is 0 Å². The van der Waals surface area contributed by atoms with E-state index in [9.17, 15) is 4.39 Å². The Hall–Kier alpha value is -1.31. The third-order valence-electron chi connectivity index (χ3n) is 3.31. The van der Waals surface area contributed by atoms with Crippen LogP contribution in [0, 0.1) is 5.82 Å². The first-order valence-corrected chi connectivity index (χ1v) is 6.42. The van der Waals surface area contributed by atoms with Crippen LogP contribution in [0.5, 0.6) is 0 Å². The van der Waals surface area contributed by atoms with Crippen molar-refractivity contribution in [3.05, 3.63) is 41.5 Å². The molecule has 0 atom stereocenters. The predicted octanol–water partition coefficient (Wildman–Crippen LogP) is 4.67. The first-order valence-electron chi connectivity index (χ1n) is 6.42. The van der Waals surface area contributed by atoms with Gasteiger partial charge < -0.3 is 4.40 Å². The van der Waals surface area contributed by atoms with Crippen LogP contribution in [-0.4, -0.2) is 4.40 Å².